The number of halogens is 3. The standard InChI is InChI=1S/C9H5F2IOS/c10-9(11)4-1-6(13)5-3-8(12)14-7(5)2-4/h1-3,9,13H. The topological polar surface area (TPSA) is 20.2 Å². The Balaban J connectivity index is 2.71. The summed E-state index contributed by atoms with van der Waals surface area (Å²) in [5.74, 6) is -0.0723. The van der Waals surface area contributed by atoms with E-state index in [0.29, 0.717) is 10.1 Å². The third kappa shape index (κ3) is 1.70. The average molecular weight is 326 g/mol. The first-order valence-electron chi connectivity index (χ1n) is 3.78. The molecule has 0 fully saturated rings. The molecular formula is C9H5F2IOS. The van der Waals surface area contributed by atoms with Crippen LogP contribution in [0.1, 0.15) is 12.0 Å². The third-order valence-electron chi connectivity index (χ3n) is 1.86. The van der Waals surface area contributed by atoms with Gasteiger partial charge in [0.1, 0.15) is 5.75 Å². The molecule has 0 amide bonds. The maximum Gasteiger partial charge on any atom is 0.264 e. The van der Waals surface area contributed by atoms with Gasteiger partial charge in [-0.25, -0.2) is 8.78 Å². The van der Waals surface area contributed by atoms with Crippen LogP contribution in [0.5, 0.6) is 5.75 Å². The lowest BCUT2D eigenvalue weighted by Crippen LogP contribution is -1.82. The number of thiophene rings is 1. The van der Waals surface area contributed by atoms with E-state index < -0.39 is 6.43 Å². The Labute approximate surface area is 96.5 Å². The lowest BCUT2D eigenvalue weighted by atomic mass is 10.1. The van der Waals surface area contributed by atoms with Crippen LogP contribution < -0.4 is 0 Å². The second-order valence-corrected chi connectivity index (χ2v) is 5.78. The van der Waals surface area contributed by atoms with Crippen LogP contribution in [0.3, 0.4) is 0 Å². The Kier molecular flexibility index (Phi) is 2.61. The Morgan fingerprint density at radius 3 is 2.64 bits per heavy atom. The molecule has 1 nitrogen and oxygen atoms in total. The normalized spacial score (nSPS) is 11.4. The molecule has 0 bridgehead atoms. The molecule has 2 aromatic rings. The van der Waals surface area contributed by atoms with Crippen LogP contribution in [0.2, 0.25) is 0 Å². The number of phenols is 1. The summed E-state index contributed by atoms with van der Waals surface area (Å²) in [6, 6.07) is 4.33. The fourth-order valence-electron chi connectivity index (χ4n) is 1.24. The molecule has 0 aliphatic carbocycles. The van der Waals surface area contributed by atoms with Gasteiger partial charge < -0.3 is 5.11 Å². The Hall–Kier alpha value is -0.430. The first-order valence-corrected chi connectivity index (χ1v) is 5.67. The molecule has 74 valence electrons. The van der Waals surface area contributed by atoms with E-state index >= 15 is 0 Å². The lowest BCUT2D eigenvalue weighted by Gasteiger charge is -2.01. The SMILES string of the molecule is Oc1cc(C(F)F)cc2sc(I)cc12. The number of aromatic hydroxyl groups is 1. The highest BCUT2D eigenvalue weighted by Crippen LogP contribution is 2.36. The number of benzene rings is 1. The summed E-state index contributed by atoms with van der Waals surface area (Å²) in [6.07, 6.45) is -2.54. The molecule has 1 aromatic heterocycles. The van der Waals surface area contributed by atoms with E-state index in [2.05, 4.69) is 22.6 Å². The third-order valence-corrected chi connectivity index (χ3v) is 3.70. The molecule has 0 aliphatic heterocycles. The summed E-state index contributed by atoms with van der Waals surface area (Å²) in [5.41, 5.74) is -0.131. The first kappa shape index (κ1) is 10.1. The number of phenolic OH excluding ortho intramolecular Hbond substituents is 1. The summed E-state index contributed by atoms with van der Waals surface area (Å²) < 4.78 is 26.4. The van der Waals surface area contributed by atoms with Gasteiger partial charge in [0.25, 0.3) is 6.43 Å². The molecule has 1 heterocycles. The average Bonchev–Trinajstić information content (AvgIpc) is 2.45. The van der Waals surface area contributed by atoms with E-state index in [1.54, 1.807) is 6.07 Å². The number of hydrogen-bond donors (Lipinski definition) is 1. The fourth-order valence-corrected chi connectivity index (χ4v) is 3.11. The predicted octanol–water partition coefficient (Wildman–Crippen LogP) is 4.15. The van der Waals surface area contributed by atoms with E-state index in [1.807, 2.05) is 0 Å². The van der Waals surface area contributed by atoms with E-state index in [1.165, 1.54) is 17.4 Å². The minimum Gasteiger partial charge on any atom is -0.507 e. The molecule has 2 rings (SSSR count). The van der Waals surface area contributed by atoms with Crippen LogP contribution in [0.25, 0.3) is 10.1 Å². The number of fused-ring (bicyclic) bond motifs is 1. The van der Waals surface area contributed by atoms with Crippen molar-refractivity contribution < 1.29 is 13.9 Å². The molecule has 5 heteroatoms. The van der Waals surface area contributed by atoms with Crippen molar-refractivity contribution >= 4 is 44.0 Å². The van der Waals surface area contributed by atoms with Crippen LogP contribution in [0.4, 0.5) is 8.78 Å². The number of hydrogen-bond acceptors (Lipinski definition) is 2. The highest BCUT2D eigenvalue weighted by atomic mass is 127. The molecule has 1 N–H and O–H groups in total. The van der Waals surface area contributed by atoms with Gasteiger partial charge in [-0.15, -0.1) is 11.3 Å². The monoisotopic (exact) mass is 326 g/mol. The van der Waals surface area contributed by atoms with E-state index in [9.17, 15) is 13.9 Å². The summed E-state index contributed by atoms with van der Waals surface area (Å²) in [5, 5.41) is 10.1. The Morgan fingerprint density at radius 1 is 1.29 bits per heavy atom. The van der Waals surface area contributed by atoms with Crippen LogP contribution in [0.15, 0.2) is 18.2 Å². The predicted molar refractivity (Wildman–Crippen MR) is 61.2 cm³/mol. The molecule has 0 atom stereocenters. The van der Waals surface area contributed by atoms with E-state index in [0.717, 1.165) is 8.95 Å². The largest absolute Gasteiger partial charge is 0.507 e. The molecule has 0 spiro atoms. The summed E-state index contributed by atoms with van der Waals surface area (Å²) in [6.45, 7) is 0. The van der Waals surface area contributed by atoms with Crippen LogP contribution >= 0.6 is 33.9 Å². The summed E-state index contributed by atoms with van der Waals surface area (Å²) >= 11 is 3.49. The molecule has 14 heavy (non-hydrogen) atoms. The van der Waals surface area contributed by atoms with Gasteiger partial charge in [-0.05, 0) is 40.8 Å². The highest BCUT2D eigenvalue weighted by molar-refractivity contribution is 14.1. The quantitative estimate of drug-likeness (QED) is 0.781. The molecule has 0 radical (unpaired) electrons. The van der Waals surface area contributed by atoms with Gasteiger partial charge in [-0.2, -0.15) is 0 Å². The zero-order valence-electron chi connectivity index (χ0n) is 6.80. The van der Waals surface area contributed by atoms with Gasteiger partial charge in [0, 0.05) is 15.6 Å². The summed E-state index contributed by atoms with van der Waals surface area (Å²) in [4.78, 5) is 0. The van der Waals surface area contributed by atoms with Crippen molar-refractivity contribution in [1.29, 1.82) is 0 Å². The van der Waals surface area contributed by atoms with Gasteiger partial charge in [0.2, 0.25) is 0 Å². The molecule has 0 saturated heterocycles. The second kappa shape index (κ2) is 3.62. The minimum atomic E-state index is -2.54. The van der Waals surface area contributed by atoms with Crippen LogP contribution in [-0.4, -0.2) is 5.11 Å². The Bertz CT molecular complexity index is 481. The van der Waals surface area contributed by atoms with Crippen molar-refractivity contribution in [1.82, 2.24) is 0 Å². The van der Waals surface area contributed by atoms with Gasteiger partial charge >= 0.3 is 0 Å². The van der Waals surface area contributed by atoms with E-state index in [-0.39, 0.29) is 11.3 Å². The Morgan fingerprint density at radius 2 is 2.00 bits per heavy atom. The summed E-state index contributed by atoms with van der Waals surface area (Å²) in [7, 11) is 0. The van der Waals surface area contributed by atoms with Gasteiger partial charge in [0.15, 0.2) is 0 Å². The fraction of sp³-hybridized carbons (Fsp3) is 0.111. The first-order chi connectivity index (χ1) is 6.58. The lowest BCUT2D eigenvalue weighted by molar-refractivity contribution is 0.151. The van der Waals surface area contributed by atoms with Crippen molar-refractivity contribution in [2.75, 3.05) is 0 Å². The van der Waals surface area contributed by atoms with Crippen molar-refractivity contribution in [2.45, 2.75) is 6.43 Å². The smallest absolute Gasteiger partial charge is 0.264 e. The van der Waals surface area contributed by atoms with Gasteiger partial charge in [-0.1, -0.05) is 0 Å². The minimum absolute atomic E-state index is 0.0723. The van der Waals surface area contributed by atoms with Crippen LogP contribution in [0, 0.1) is 2.88 Å². The van der Waals surface area contributed by atoms with Crippen LogP contribution in [-0.2, 0) is 0 Å². The highest BCUT2D eigenvalue weighted by Gasteiger charge is 2.12. The van der Waals surface area contributed by atoms with Gasteiger partial charge in [0.05, 0.1) is 2.88 Å². The second-order valence-electron chi connectivity index (χ2n) is 2.80. The van der Waals surface area contributed by atoms with Gasteiger partial charge in [-0.3, -0.25) is 0 Å². The van der Waals surface area contributed by atoms with E-state index in [4.69, 9.17) is 0 Å². The van der Waals surface area contributed by atoms with Crippen molar-refractivity contribution in [2.24, 2.45) is 0 Å². The molecule has 0 aliphatic rings. The molecule has 1 aromatic carbocycles. The van der Waals surface area contributed by atoms with Crippen molar-refractivity contribution in [3.8, 4) is 5.75 Å². The maximum absolute atomic E-state index is 12.4. The zero-order valence-corrected chi connectivity index (χ0v) is 9.77. The maximum atomic E-state index is 12.4. The molecule has 0 saturated carbocycles. The molecule has 0 unspecified atom stereocenters. The number of rotatable bonds is 1. The molecular weight excluding hydrogens is 321 g/mol. The van der Waals surface area contributed by atoms with Crippen molar-refractivity contribution in [3.05, 3.63) is 26.6 Å². The van der Waals surface area contributed by atoms with Crippen molar-refractivity contribution in [3.63, 3.8) is 0 Å². The number of alkyl halides is 2. The zero-order chi connectivity index (χ0) is 10.3.